The van der Waals surface area contributed by atoms with Crippen LogP contribution in [0.3, 0.4) is 0 Å². The predicted octanol–water partition coefficient (Wildman–Crippen LogP) is -1.83. The Hall–Kier alpha value is -0.790. The van der Waals surface area contributed by atoms with Crippen LogP contribution in [-0.2, 0) is 14.2 Å². The molecule has 16 heavy (non-hydrogen) atoms. The van der Waals surface area contributed by atoms with Crippen LogP contribution in [0, 0.1) is 0 Å². The van der Waals surface area contributed by atoms with Crippen molar-refractivity contribution in [2.24, 2.45) is 11.5 Å². The Balaban J connectivity index is 4.99. The number of amides is 2. The van der Waals surface area contributed by atoms with Crippen molar-refractivity contribution in [1.82, 2.24) is 4.90 Å². The standard InChI is InChI=1S/C7H16N3O5P/c1-4(8)6(11)10(3-16(13,14)15)7(12)5(2)9/h4-5H,3,8-9H2,1-2H3,(H2,13,14,15)/t4-,5-/m0/s1. The first-order valence-electron chi connectivity index (χ1n) is 4.47. The highest BCUT2D eigenvalue weighted by Crippen LogP contribution is 2.35. The van der Waals surface area contributed by atoms with Crippen molar-refractivity contribution in [2.75, 3.05) is 6.29 Å². The summed E-state index contributed by atoms with van der Waals surface area (Å²) in [6.07, 6.45) is -1.01. The molecule has 0 aliphatic carbocycles. The number of carbonyl (C=O) groups excluding carboxylic acids is 2. The first kappa shape index (κ1) is 15.2. The monoisotopic (exact) mass is 253 g/mol. The maximum Gasteiger partial charge on any atom is 0.345 e. The fourth-order valence-corrected chi connectivity index (χ4v) is 1.57. The van der Waals surface area contributed by atoms with Gasteiger partial charge in [0.15, 0.2) is 0 Å². The van der Waals surface area contributed by atoms with Crippen LogP contribution in [0.25, 0.3) is 0 Å². The predicted molar refractivity (Wildman–Crippen MR) is 56.1 cm³/mol. The van der Waals surface area contributed by atoms with Crippen molar-refractivity contribution in [2.45, 2.75) is 25.9 Å². The van der Waals surface area contributed by atoms with Gasteiger partial charge < -0.3 is 21.3 Å². The summed E-state index contributed by atoms with van der Waals surface area (Å²) in [5.41, 5.74) is 10.5. The Labute approximate surface area is 92.7 Å². The van der Waals surface area contributed by atoms with Crippen LogP contribution in [0.1, 0.15) is 13.8 Å². The van der Waals surface area contributed by atoms with Crippen molar-refractivity contribution in [1.29, 1.82) is 0 Å². The maximum atomic E-state index is 11.4. The van der Waals surface area contributed by atoms with Gasteiger partial charge in [0.2, 0.25) is 11.8 Å². The molecule has 0 unspecified atom stereocenters. The van der Waals surface area contributed by atoms with Crippen molar-refractivity contribution in [3.05, 3.63) is 0 Å². The van der Waals surface area contributed by atoms with Crippen LogP contribution in [0.5, 0.6) is 0 Å². The third-order valence-corrected chi connectivity index (χ3v) is 2.29. The van der Waals surface area contributed by atoms with E-state index in [9.17, 15) is 14.2 Å². The lowest BCUT2D eigenvalue weighted by molar-refractivity contribution is -0.145. The second kappa shape index (κ2) is 5.51. The van der Waals surface area contributed by atoms with Gasteiger partial charge in [-0.3, -0.25) is 19.1 Å². The summed E-state index contributed by atoms with van der Waals surface area (Å²) in [5.74, 6) is -1.74. The van der Waals surface area contributed by atoms with Crippen molar-refractivity contribution in [3.8, 4) is 0 Å². The quantitative estimate of drug-likeness (QED) is 0.431. The van der Waals surface area contributed by atoms with Gasteiger partial charge in [0, 0.05) is 0 Å². The first-order chi connectivity index (χ1) is 7.06. The number of rotatable bonds is 4. The summed E-state index contributed by atoms with van der Waals surface area (Å²) in [6, 6.07) is -2.07. The highest BCUT2D eigenvalue weighted by atomic mass is 31.2. The molecule has 0 radical (unpaired) electrons. The number of nitrogens with zero attached hydrogens (tertiary/aromatic N) is 1. The van der Waals surface area contributed by atoms with E-state index in [1.807, 2.05) is 0 Å². The minimum absolute atomic E-state index is 0.399. The third kappa shape index (κ3) is 4.82. The fraction of sp³-hybridized carbons (Fsp3) is 0.714. The topological polar surface area (TPSA) is 147 Å². The minimum Gasteiger partial charge on any atom is -0.323 e. The number of hydrogen-bond acceptors (Lipinski definition) is 5. The third-order valence-electron chi connectivity index (χ3n) is 1.64. The van der Waals surface area contributed by atoms with Crippen LogP contribution in [0.15, 0.2) is 0 Å². The minimum atomic E-state index is -4.54. The molecule has 8 nitrogen and oxygen atoms in total. The molecule has 0 saturated carbocycles. The van der Waals surface area contributed by atoms with Gasteiger partial charge >= 0.3 is 7.60 Å². The smallest absolute Gasteiger partial charge is 0.323 e. The van der Waals surface area contributed by atoms with Gasteiger partial charge in [-0.2, -0.15) is 0 Å². The Kier molecular flexibility index (Phi) is 5.24. The SMILES string of the molecule is C[C@H](N)C(=O)N(CP(=O)(O)O)C(=O)[C@H](C)N. The van der Waals surface area contributed by atoms with E-state index in [0.717, 1.165) is 0 Å². The summed E-state index contributed by atoms with van der Waals surface area (Å²) in [6.45, 7) is 2.62. The first-order valence-corrected chi connectivity index (χ1v) is 6.27. The van der Waals surface area contributed by atoms with Crippen LogP contribution in [0.2, 0.25) is 0 Å². The molecule has 0 aromatic carbocycles. The molecule has 0 heterocycles. The summed E-state index contributed by atoms with van der Waals surface area (Å²) in [4.78, 5) is 40.8. The zero-order valence-electron chi connectivity index (χ0n) is 9.03. The molecule has 0 aromatic heterocycles. The van der Waals surface area contributed by atoms with Gasteiger partial charge in [-0.1, -0.05) is 0 Å². The van der Waals surface area contributed by atoms with Crippen LogP contribution in [0.4, 0.5) is 0 Å². The second-order valence-electron chi connectivity index (χ2n) is 3.49. The molecule has 2 amide bonds. The Morgan fingerprint density at radius 1 is 1.19 bits per heavy atom. The van der Waals surface area contributed by atoms with E-state index in [1.54, 1.807) is 0 Å². The Morgan fingerprint density at radius 3 is 1.69 bits per heavy atom. The molecule has 0 spiro atoms. The summed E-state index contributed by atoms with van der Waals surface area (Å²) in [5, 5.41) is 0. The van der Waals surface area contributed by atoms with E-state index in [0.29, 0.717) is 4.90 Å². The number of carbonyl (C=O) groups is 2. The second-order valence-corrected chi connectivity index (χ2v) is 5.10. The molecule has 0 aliphatic heterocycles. The van der Waals surface area contributed by atoms with Gasteiger partial charge in [-0.15, -0.1) is 0 Å². The van der Waals surface area contributed by atoms with E-state index in [-0.39, 0.29) is 0 Å². The highest BCUT2D eigenvalue weighted by Gasteiger charge is 2.31. The number of nitrogens with two attached hydrogens (primary N) is 2. The fourth-order valence-electron chi connectivity index (χ4n) is 0.924. The molecule has 0 saturated heterocycles. The van der Waals surface area contributed by atoms with E-state index in [4.69, 9.17) is 21.3 Å². The molecule has 9 heteroatoms. The van der Waals surface area contributed by atoms with E-state index >= 15 is 0 Å². The molecule has 0 fully saturated rings. The lowest BCUT2D eigenvalue weighted by atomic mass is 10.2. The number of hydrogen-bond donors (Lipinski definition) is 4. The number of imide groups is 1. The molecule has 6 N–H and O–H groups in total. The molecular formula is C7H16N3O5P. The van der Waals surface area contributed by atoms with E-state index in [1.165, 1.54) is 13.8 Å². The molecule has 94 valence electrons. The largest absolute Gasteiger partial charge is 0.345 e. The zero-order chi connectivity index (χ0) is 13.1. The van der Waals surface area contributed by atoms with Gasteiger partial charge in [-0.25, -0.2) is 0 Å². The Bertz CT molecular complexity index is 304. The lowest BCUT2D eigenvalue weighted by Crippen LogP contribution is -2.50. The van der Waals surface area contributed by atoms with Gasteiger partial charge in [0.25, 0.3) is 0 Å². The van der Waals surface area contributed by atoms with Crippen molar-refractivity contribution >= 4 is 19.4 Å². The summed E-state index contributed by atoms with van der Waals surface area (Å²) >= 11 is 0. The summed E-state index contributed by atoms with van der Waals surface area (Å²) in [7, 11) is -4.54. The zero-order valence-corrected chi connectivity index (χ0v) is 9.92. The van der Waals surface area contributed by atoms with Crippen molar-refractivity contribution < 1.29 is 23.9 Å². The van der Waals surface area contributed by atoms with Gasteiger partial charge in [-0.05, 0) is 13.8 Å². The highest BCUT2D eigenvalue weighted by molar-refractivity contribution is 7.51. The molecule has 0 rings (SSSR count). The van der Waals surface area contributed by atoms with Crippen LogP contribution in [-0.4, -0.2) is 44.9 Å². The maximum absolute atomic E-state index is 11.4. The normalized spacial score (nSPS) is 15.4. The van der Waals surface area contributed by atoms with Gasteiger partial charge in [0.05, 0.1) is 12.1 Å². The van der Waals surface area contributed by atoms with Crippen LogP contribution >= 0.6 is 7.60 Å². The molecular weight excluding hydrogens is 237 g/mol. The van der Waals surface area contributed by atoms with Crippen molar-refractivity contribution in [3.63, 3.8) is 0 Å². The van der Waals surface area contributed by atoms with E-state index < -0.39 is 37.8 Å². The van der Waals surface area contributed by atoms with Crippen LogP contribution < -0.4 is 11.5 Å². The molecule has 0 aliphatic rings. The Morgan fingerprint density at radius 2 is 1.50 bits per heavy atom. The van der Waals surface area contributed by atoms with Gasteiger partial charge in [0.1, 0.15) is 6.29 Å². The average Bonchev–Trinajstić information content (AvgIpc) is 2.10. The molecule has 2 atom stereocenters. The van der Waals surface area contributed by atoms with E-state index in [2.05, 4.69) is 0 Å². The molecule has 0 aromatic rings. The molecule has 0 bridgehead atoms. The summed E-state index contributed by atoms with van der Waals surface area (Å²) < 4.78 is 10.8. The lowest BCUT2D eigenvalue weighted by Gasteiger charge is -2.24. The average molecular weight is 253 g/mol.